The number of guanidine groups is 1. The van der Waals surface area contributed by atoms with Gasteiger partial charge < -0.3 is 26.3 Å². The van der Waals surface area contributed by atoms with E-state index in [4.69, 9.17) is 5.73 Å². The predicted octanol–water partition coefficient (Wildman–Crippen LogP) is 4.28. The van der Waals surface area contributed by atoms with Gasteiger partial charge in [-0.15, -0.1) is 0 Å². The number of nitrogens with one attached hydrogen (secondary N) is 4. The summed E-state index contributed by atoms with van der Waals surface area (Å²) >= 11 is 0. The van der Waals surface area contributed by atoms with E-state index in [1.54, 1.807) is 12.1 Å². The van der Waals surface area contributed by atoms with Gasteiger partial charge in [0.25, 0.3) is 0 Å². The fourth-order valence-corrected chi connectivity index (χ4v) is 3.61. The Morgan fingerprint density at radius 2 is 2.00 bits per heavy atom. The quantitative estimate of drug-likeness (QED) is 0.218. The molecule has 160 valence electrons. The lowest BCUT2D eigenvalue weighted by Gasteiger charge is -2.13. The minimum atomic E-state index is -0.242. The lowest BCUT2D eigenvalue weighted by molar-refractivity contribution is 0.629. The second kappa shape index (κ2) is 9.38. The van der Waals surface area contributed by atoms with E-state index in [9.17, 15) is 4.39 Å². The fourth-order valence-electron chi connectivity index (χ4n) is 3.61. The summed E-state index contributed by atoms with van der Waals surface area (Å²) in [5, 5.41) is 8.61. The van der Waals surface area contributed by atoms with E-state index in [0.717, 1.165) is 34.2 Å². The topological polar surface area (TPSA) is 94.0 Å². The van der Waals surface area contributed by atoms with Crippen LogP contribution in [0, 0.1) is 5.82 Å². The summed E-state index contributed by atoms with van der Waals surface area (Å²) in [5.41, 5.74) is 10.3. The van der Waals surface area contributed by atoms with Gasteiger partial charge in [0.05, 0.1) is 0 Å². The van der Waals surface area contributed by atoms with Gasteiger partial charge in [-0.1, -0.05) is 13.0 Å². The zero-order valence-electron chi connectivity index (χ0n) is 17.5. The average molecular weight is 419 g/mol. The molecule has 0 saturated heterocycles. The van der Waals surface area contributed by atoms with E-state index >= 15 is 0 Å². The number of rotatable bonds is 8. The highest BCUT2D eigenvalue weighted by molar-refractivity contribution is 5.83. The molecule has 31 heavy (non-hydrogen) atoms. The number of fused-ring (bicyclic) bond motifs is 2. The molecule has 0 radical (unpaired) electrons. The molecule has 0 aliphatic rings. The van der Waals surface area contributed by atoms with Crippen molar-refractivity contribution in [1.82, 2.24) is 20.6 Å². The van der Waals surface area contributed by atoms with Gasteiger partial charge in [0, 0.05) is 41.9 Å². The number of halogens is 1. The maximum Gasteiger partial charge on any atom is 0.194 e. The monoisotopic (exact) mass is 418 g/mol. The van der Waals surface area contributed by atoms with E-state index in [0.29, 0.717) is 25.5 Å². The van der Waals surface area contributed by atoms with Crippen LogP contribution in [0.3, 0.4) is 0 Å². The summed E-state index contributed by atoms with van der Waals surface area (Å²) in [6, 6.07) is 13.1. The Hall–Kier alpha value is -3.74. The van der Waals surface area contributed by atoms with Crippen LogP contribution in [-0.4, -0.2) is 22.5 Å². The third-order valence-corrected chi connectivity index (χ3v) is 5.16. The zero-order chi connectivity index (χ0) is 21.6. The number of nitrogens with two attached hydrogens (primary N) is 1. The smallest absolute Gasteiger partial charge is 0.194 e. The molecule has 6 N–H and O–H groups in total. The van der Waals surface area contributed by atoms with Gasteiger partial charge in [0.15, 0.2) is 5.96 Å². The number of hydrogen-bond acceptors (Lipinski definition) is 2. The predicted molar refractivity (Wildman–Crippen MR) is 125 cm³/mol. The molecule has 2 aromatic carbocycles. The van der Waals surface area contributed by atoms with Gasteiger partial charge in [-0.05, 0) is 71.8 Å². The summed E-state index contributed by atoms with van der Waals surface area (Å²) in [4.78, 5) is 10.8. The van der Waals surface area contributed by atoms with Crippen LogP contribution >= 0.6 is 0 Å². The Labute approximate surface area is 180 Å². The molecule has 0 saturated carbocycles. The SMILES string of the molecule is CC/C=C(/NCc1ccc2[nH]ccc2c1)NC(N)=NCCc1c[nH]c2ccc(F)cc12. The van der Waals surface area contributed by atoms with Crippen molar-refractivity contribution < 1.29 is 4.39 Å². The molecule has 7 heteroatoms. The van der Waals surface area contributed by atoms with Crippen molar-refractivity contribution in [3.8, 4) is 0 Å². The number of benzene rings is 2. The summed E-state index contributed by atoms with van der Waals surface area (Å²) < 4.78 is 13.5. The molecule has 0 spiro atoms. The highest BCUT2D eigenvalue weighted by atomic mass is 19.1. The Balaban J connectivity index is 1.34. The number of aliphatic imine (C=N–C) groups is 1. The van der Waals surface area contributed by atoms with Crippen LogP contribution in [0.2, 0.25) is 0 Å². The van der Waals surface area contributed by atoms with Crippen LogP contribution in [-0.2, 0) is 13.0 Å². The molecule has 2 heterocycles. The van der Waals surface area contributed by atoms with Crippen molar-refractivity contribution in [2.75, 3.05) is 6.54 Å². The van der Waals surface area contributed by atoms with E-state index in [-0.39, 0.29) is 5.82 Å². The van der Waals surface area contributed by atoms with E-state index in [1.165, 1.54) is 17.0 Å². The molecule has 6 nitrogen and oxygen atoms in total. The van der Waals surface area contributed by atoms with Gasteiger partial charge >= 0.3 is 0 Å². The molecule has 0 aliphatic carbocycles. The van der Waals surface area contributed by atoms with Crippen LogP contribution in [0.4, 0.5) is 4.39 Å². The zero-order valence-corrected chi connectivity index (χ0v) is 17.5. The first kappa shape index (κ1) is 20.5. The van der Waals surface area contributed by atoms with Crippen molar-refractivity contribution in [2.45, 2.75) is 26.3 Å². The molecule has 0 unspecified atom stereocenters. The lowest BCUT2D eigenvalue weighted by atomic mass is 10.1. The summed E-state index contributed by atoms with van der Waals surface area (Å²) in [6.45, 7) is 3.25. The normalized spacial score (nSPS) is 12.6. The van der Waals surface area contributed by atoms with Crippen molar-refractivity contribution >= 4 is 27.8 Å². The Morgan fingerprint density at radius 1 is 1.13 bits per heavy atom. The van der Waals surface area contributed by atoms with E-state index < -0.39 is 0 Å². The van der Waals surface area contributed by atoms with Gasteiger partial charge in [-0.25, -0.2) is 4.39 Å². The van der Waals surface area contributed by atoms with Gasteiger partial charge in [0.2, 0.25) is 0 Å². The average Bonchev–Trinajstić information content (AvgIpc) is 3.38. The van der Waals surface area contributed by atoms with Crippen molar-refractivity contribution in [2.24, 2.45) is 10.7 Å². The molecule has 0 aliphatic heterocycles. The second-order valence-electron chi connectivity index (χ2n) is 7.42. The maximum atomic E-state index is 13.5. The molecule has 0 atom stereocenters. The highest BCUT2D eigenvalue weighted by Gasteiger charge is 2.05. The summed E-state index contributed by atoms with van der Waals surface area (Å²) in [6.07, 6.45) is 7.41. The minimum absolute atomic E-state index is 0.242. The van der Waals surface area contributed by atoms with Crippen molar-refractivity contribution in [1.29, 1.82) is 0 Å². The second-order valence-corrected chi connectivity index (χ2v) is 7.42. The van der Waals surface area contributed by atoms with Gasteiger partial charge in [0.1, 0.15) is 11.6 Å². The first-order chi connectivity index (χ1) is 15.1. The number of aromatic nitrogens is 2. The van der Waals surface area contributed by atoms with Crippen LogP contribution in [0.1, 0.15) is 24.5 Å². The first-order valence-corrected chi connectivity index (χ1v) is 10.4. The van der Waals surface area contributed by atoms with E-state index in [2.05, 4.69) is 56.8 Å². The molecule has 4 aromatic rings. The molecule has 0 bridgehead atoms. The molecular formula is C24H27FN6. The van der Waals surface area contributed by atoms with Crippen molar-refractivity contribution in [3.63, 3.8) is 0 Å². The molecule has 0 fully saturated rings. The van der Waals surface area contributed by atoms with Crippen LogP contribution in [0.25, 0.3) is 21.8 Å². The Morgan fingerprint density at radius 3 is 2.87 bits per heavy atom. The van der Waals surface area contributed by atoms with Crippen molar-refractivity contribution in [3.05, 3.63) is 83.7 Å². The fraction of sp³-hybridized carbons (Fsp3) is 0.208. The third kappa shape index (κ3) is 5.06. The Kier molecular flexibility index (Phi) is 6.21. The number of aromatic amines is 2. The van der Waals surface area contributed by atoms with Crippen LogP contribution < -0.4 is 16.4 Å². The molecular weight excluding hydrogens is 391 g/mol. The number of hydrogen-bond donors (Lipinski definition) is 5. The lowest BCUT2D eigenvalue weighted by Crippen LogP contribution is -2.36. The van der Waals surface area contributed by atoms with Crippen LogP contribution in [0.15, 0.2) is 71.7 Å². The highest BCUT2D eigenvalue weighted by Crippen LogP contribution is 2.19. The van der Waals surface area contributed by atoms with Gasteiger partial charge in [-0.2, -0.15) is 0 Å². The Bertz CT molecular complexity index is 1230. The number of allylic oxidation sites excluding steroid dienone is 1. The number of nitrogens with zero attached hydrogens (tertiary/aromatic N) is 1. The molecule has 0 amide bonds. The summed E-state index contributed by atoms with van der Waals surface area (Å²) in [5.74, 6) is 0.931. The molecule has 4 rings (SSSR count). The maximum absolute atomic E-state index is 13.5. The number of H-pyrrole nitrogens is 2. The van der Waals surface area contributed by atoms with E-state index in [1.807, 2.05) is 18.5 Å². The molecule has 2 aromatic heterocycles. The minimum Gasteiger partial charge on any atom is -0.370 e. The van der Waals surface area contributed by atoms with Gasteiger partial charge in [-0.3, -0.25) is 4.99 Å². The third-order valence-electron chi connectivity index (χ3n) is 5.16. The summed E-state index contributed by atoms with van der Waals surface area (Å²) in [7, 11) is 0. The standard InChI is InChI=1S/C24H27FN6/c1-2-3-23(30-14-16-4-6-21-17(12-16)8-10-27-21)31-24(26)28-11-9-18-15-29-22-7-5-19(25)13-20(18)22/h3-8,10,12-13,15,27,29-30H,2,9,11,14H2,1H3,(H3,26,28,31)/b23-3-. The first-order valence-electron chi connectivity index (χ1n) is 10.4. The largest absolute Gasteiger partial charge is 0.370 e. The van der Waals surface area contributed by atoms with Crippen LogP contribution in [0.5, 0.6) is 0 Å².